The van der Waals surface area contributed by atoms with Crippen molar-refractivity contribution in [1.82, 2.24) is 9.97 Å². The number of hydrogen-bond donors (Lipinski definition) is 0. The van der Waals surface area contributed by atoms with Crippen LogP contribution in [-0.4, -0.2) is 9.97 Å². The zero-order chi connectivity index (χ0) is 40.1. The lowest BCUT2D eigenvalue weighted by molar-refractivity contribution is 1.28. The van der Waals surface area contributed by atoms with Crippen LogP contribution in [0.5, 0.6) is 0 Å². The van der Waals surface area contributed by atoms with Crippen LogP contribution in [0, 0.1) is 0 Å². The largest absolute Gasteiger partial charge is 0.311 e. The van der Waals surface area contributed by atoms with Gasteiger partial charge in [0.1, 0.15) is 0 Å². The maximum atomic E-state index is 5.44. The van der Waals surface area contributed by atoms with Crippen molar-refractivity contribution in [2.45, 2.75) is 0 Å². The van der Waals surface area contributed by atoms with Gasteiger partial charge < -0.3 is 9.80 Å². The summed E-state index contributed by atoms with van der Waals surface area (Å²) in [4.78, 5) is 15.4. The molecule has 0 saturated heterocycles. The topological polar surface area (TPSA) is 32.3 Å². The quantitative estimate of drug-likeness (QED) is 0.139. The SMILES string of the molecule is c1ccc(-c2nc3cc(-c4ccc(N(c5ccccc5)c5ccccc5)cc4)c(-c4ccccc4)nc3cc2-c2ccc(N(c3ccccc3)c3ccccc3)cc2)cc1. The zero-order valence-electron chi connectivity index (χ0n) is 32.9. The Labute approximate surface area is 351 Å². The number of benzene rings is 8. The van der Waals surface area contributed by atoms with Gasteiger partial charge in [-0.15, -0.1) is 0 Å². The Hall–Kier alpha value is -8.08. The van der Waals surface area contributed by atoms with E-state index in [0.29, 0.717) is 0 Å². The molecule has 284 valence electrons. The third-order valence-electron chi connectivity index (χ3n) is 10.8. The molecule has 0 bridgehead atoms. The Bertz CT molecular complexity index is 2690. The van der Waals surface area contributed by atoms with E-state index in [9.17, 15) is 0 Å². The van der Waals surface area contributed by atoms with Gasteiger partial charge in [-0.25, -0.2) is 9.97 Å². The van der Waals surface area contributed by atoms with Crippen LogP contribution < -0.4 is 9.80 Å². The smallest absolute Gasteiger partial charge is 0.0901 e. The second-order valence-electron chi connectivity index (χ2n) is 14.6. The maximum Gasteiger partial charge on any atom is 0.0901 e. The number of para-hydroxylation sites is 4. The van der Waals surface area contributed by atoms with Gasteiger partial charge in [0, 0.05) is 56.4 Å². The molecule has 0 amide bonds. The predicted molar refractivity (Wildman–Crippen MR) is 251 cm³/mol. The average molecular weight is 769 g/mol. The Morgan fingerprint density at radius 2 is 0.483 bits per heavy atom. The summed E-state index contributed by atoms with van der Waals surface area (Å²) in [5.41, 5.74) is 16.3. The van der Waals surface area contributed by atoms with Gasteiger partial charge >= 0.3 is 0 Å². The van der Waals surface area contributed by atoms with Gasteiger partial charge in [0.05, 0.1) is 22.4 Å². The molecule has 10 rings (SSSR count). The molecular weight excluding hydrogens is 729 g/mol. The second-order valence-corrected chi connectivity index (χ2v) is 14.6. The lowest BCUT2D eigenvalue weighted by atomic mass is 9.95. The van der Waals surface area contributed by atoms with Gasteiger partial charge in [-0.3, -0.25) is 0 Å². The van der Waals surface area contributed by atoms with E-state index in [1.807, 2.05) is 12.1 Å². The second kappa shape index (κ2) is 16.4. The fourth-order valence-corrected chi connectivity index (χ4v) is 7.95. The highest BCUT2D eigenvalue weighted by molar-refractivity contribution is 5.96. The summed E-state index contributed by atoms with van der Waals surface area (Å²) in [6, 6.07) is 84.9. The maximum absolute atomic E-state index is 5.44. The molecule has 4 heteroatoms. The number of anilines is 6. The molecule has 0 spiro atoms. The van der Waals surface area contributed by atoms with E-state index in [0.717, 1.165) is 89.9 Å². The van der Waals surface area contributed by atoms with E-state index < -0.39 is 0 Å². The summed E-state index contributed by atoms with van der Waals surface area (Å²) < 4.78 is 0. The molecule has 8 aromatic carbocycles. The first-order valence-corrected chi connectivity index (χ1v) is 20.2. The molecule has 2 heterocycles. The molecule has 0 aliphatic carbocycles. The minimum absolute atomic E-state index is 0.836. The molecule has 0 atom stereocenters. The fraction of sp³-hybridized carbons (Fsp3) is 0. The molecule has 0 aliphatic rings. The first-order chi connectivity index (χ1) is 29.8. The lowest BCUT2D eigenvalue weighted by Crippen LogP contribution is -2.09. The number of aromatic nitrogens is 2. The average Bonchev–Trinajstić information content (AvgIpc) is 3.33. The molecule has 10 aromatic rings. The molecule has 4 nitrogen and oxygen atoms in total. The van der Waals surface area contributed by atoms with Crippen LogP contribution in [0.2, 0.25) is 0 Å². The molecule has 0 unspecified atom stereocenters. The van der Waals surface area contributed by atoms with Crippen LogP contribution in [0.4, 0.5) is 34.1 Å². The summed E-state index contributed by atoms with van der Waals surface area (Å²) in [5, 5.41) is 0. The van der Waals surface area contributed by atoms with Crippen LogP contribution in [-0.2, 0) is 0 Å². The van der Waals surface area contributed by atoms with E-state index >= 15 is 0 Å². The van der Waals surface area contributed by atoms with Gasteiger partial charge in [-0.1, -0.05) is 158 Å². The summed E-state index contributed by atoms with van der Waals surface area (Å²) in [5.74, 6) is 0. The minimum Gasteiger partial charge on any atom is -0.311 e. The minimum atomic E-state index is 0.836. The first kappa shape index (κ1) is 36.3. The monoisotopic (exact) mass is 768 g/mol. The summed E-state index contributed by atoms with van der Waals surface area (Å²) in [6.07, 6.45) is 0. The molecule has 0 N–H and O–H groups in total. The highest BCUT2D eigenvalue weighted by atomic mass is 15.1. The van der Waals surface area contributed by atoms with Crippen molar-refractivity contribution in [1.29, 1.82) is 0 Å². The number of pyridine rings is 2. The molecule has 0 aliphatic heterocycles. The molecule has 2 aromatic heterocycles. The summed E-state index contributed by atoms with van der Waals surface area (Å²) in [6.45, 7) is 0. The van der Waals surface area contributed by atoms with Crippen molar-refractivity contribution in [2.24, 2.45) is 0 Å². The first-order valence-electron chi connectivity index (χ1n) is 20.2. The lowest BCUT2D eigenvalue weighted by Gasteiger charge is -2.25. The van der Waals surface area contributed by atoms with Crippen LogP contribution in [0.15, 0.2) is 243 Å². The van der Waals surface area contributed by atoms with E-state index in [-0.39, 0.29) is 0 Å². The fourth-order valence-electron chi connectivity index (χ4n) is 7.95. The van der Waals surface area contributed by atoms with Crippen LogP contribution in [0.1, 0.15) is 0 Å². The zero-order valence-corrected chi connectivity index (χ0v) is 32.9. The normalized spacial score (nSPS) is 11.0. The molecule has 0 radical (unpaired) electrons. The van der Waals surface area contributed by atoms with Crippen LogP contribution >= 0.6 is 0 Å². The number of rotatable bonds is 10. The van der Waals surface area contributed by atoms with Crippen molar-refractivity contribution in [3.8, 4) is 44.8 Å². The van der Waals surface area contributed by atoms with Crippen LogP contribution in [0.25, 0.3) is 55.8 Å². The van der Waals surface area contributed by atoms with Gasteiger partial charge in [-0.2, -0.15) is 0 Å². The van der Waals surface area contributed by atoms with E-state index in [4.69, 9.17) is 9.97 Å². The summed E-state index contributed by atoms with van der Waals surface area (Å²) in [7, 11) is 0. The number of nitrogens with zero attached hydrogens (tertiary/aromatic N) is 4. The van der Waals surface area contributed by atoms with Crippen molar-refractivity contribution >= 4 is 45.2 Å². The van der Waals surface area contributed by atoms with Crippen molar-refractivity contribution in [2.75, 3.05) is 9.80 Å². The third kappa shape index (κ3) is 7.30. The summed E-state index contributed by atoms with van der Waals surface area (Å²) >= 11 is 0. The number of hydrogen-bond acceptors (Lipinski definition) is 4. The Morgan fingerprint density at radius 1 is 0.233 bits per heavy atom. The van der Waals surface area contributed by atoms with Gasteiger partial charge in [0.25, 0.3) is 0 Å². The predicted octanol–water partition coefficient (Wildman–Crippen LogP) is 15.2. The molecule has 0 fully saturated rings. The Morgan fingerprint density at radius 3 is 0.767 bits per heavy atom. The molecular formula is C56H40N4. The van der Waals surface area contributed by atoms with E-state index in [1.165, 1.54) is 0 Å². The van der Waals surface area contributed by atoms with E-state index in [1.54, 1.807) is 0 Å². The molecule has 0 saturated carbocycles. The highest BCUT2D eigenvalue weighted by Gasteiger charge is 2.19. The van der Waals surface area contributed by atoms with Crippen molar-refractivity contribution < 1.29 is 0 Å². The third-order valence-corrected chi connectivity index (χ3v) is 10.8. The Kier molecular flexibility index (Phi) is 9.92. The van der Waals surface area contributed by atoms with Crippen LogP contribution in [0.3, 0.4) is 0 Å². The number of fused-ring (bicyclic) bond motifs is 1. The van der Waals surface area contributed by atoms with Gasteiger partial charge in [0.2, 0.25) is 0 Å². The van der Waals surface area contributed by atoms with Gasteiger partial charge in [0.15, 0.2) is 0 Å². The molecule has 60 heavy (non-hydrogen) atoms. The highest BCUT2D eigenvalue weighted by Crippen LogP contribution is 2.41. The van der Waals surface area contributed by atoms with E-state index in [2.05, 4.69) is 240 Å². The Balaban J connectivity index is 1.10. The van der Waals surface area contributed by atoms with Gasteiger partial charge in [-0.05, 0) is 96.1 Å². The standard InChI is InChI=1S/C56H40N4/c1-7-19-43(20-8-1)55-51(41-31-35-49(36-32-41)59(45-23-11-3-12-24-45)46-25-13-4-14-26-46)39-54-53(57-55)40-52(56(58-54)44-21-9-2-10-22-44)42-33-37-50(38-34-42)60(47-27-15-5-16-28-47)48-29-17-6-18-30-48/h1-40H. The van der Waals surface area contributed by atoms with Crippen molar-refractivity contribution in [3.05, 3.63) is 243 Å². The van der Waals surface area contributed by atoms with Crippen molar-refractivity contribution in [3.63, 3.8) is 0 Å².